The Morgan fingerprint density at radius 3 is 2.52 bits per heavy atom. The van der Waals surface area contributed by atoms with E-state index in [-0.39, 0.29) is 10.6 Å². The van der Waals surface area contributed by atoms with Gasteiger partial charge in [-0.15, -0.1) is 0 Å². The van der Waals surface area contributed by atoms with Gasteiger partial charge in [0.25, 0.3) is 5.69 Å². The van der Waals surface area contributed by atoms with Crippen LogP contribution in [-0.2, 0) is 0 Å². The lowest BCUT2D eigenvalue weighted by molar-refractivity contribution is -0.384. The number of anilines is 1. The summed E-state index contributed by atoms with van der Waals surface area (Å²) in [6, 6.07) is 6.58. The Bertz CT molecular complexity index is 537. The molecule has 1 N–H and O–H groups in total. The molecule has 0 radical (unpaired) electrons. The molecule has 21 heavy (non-hydrogen) atoms. The Labute approximate surface area is 124 Å². The van der Waals surface area contributed by atoms with Crippen LogP contribution in [0.15, 0.2) is 18.2 Å². The summed E-state index contributed by atoms with van der Waals surface area (Å²) in [6.45, 7) is 0. The van der Waals surface area contributed by atoms with Crippen LogP contribution >= 0.6 is 0 Å². The summed E-state index contributed by atoms with van der Waals surface area (Å²) in [4.78, 5) is 12.9. The van der Waals surface area contributed by atoms with Crippen LogP contribution in [0.1, 0.15) is 25.7 Å². The predicted octanol–water partition coefficient (Wildman–Crippen LogP) is 2.32. The fraction of sp³-hybridized carbons (Fsp3) is 0.600. The Kier molecular flexibility index (Phi) is 3.71. The number of ether oxygens (including phenoxy) is 1. The lowest BCUT2D eigenvalue weighted by Crippen LogP contribution is -2.47. The normalized spacial score (nSPS) is 27.4. The van der Waals surface area contributed by atoms with Gasteiger partial charge < -0.3 is 15.0 Å². The van der Waals surface area contributed by atoms with E-state index in [0.717, 1.165) is 18.5 Å². The van der Waals surface area contributed by atoms with Crippen LogP contribution in [-0.4, -0.2) is 37.2 Å². The number of hydrogen-bond donors (Lipinski definition) is 1. The highest BCUT2D eigenvalue weighted by atomic mass is 16.6. The van der Waals surface area contributed by atoms with E-state index in [1.54, 1.807) is 6.07 Å². The number of nitro benzene ring substituents is 1. The van der Waals surface area contributed by atoms with E-state index in [1.807, 2.05) is 13.1 Å². The van der Waals surface area contributed by atoms with Crippen molar-refractivity contribution in [1.82, 2.24) is 5.32 Å². The van der Waals surface area contributed by atoms with Crippen molar-refractivity contribution in [1.29, 1.82) is 0 Å². The summed E-state index contributed by atoms with van der Waals surface area (Å²) in [5.41, 5.74) is 0.931. The van der Waals surface area contributed by atoms with Gasteiger partial charge in [0.1, 0.15) is 5.75 Å². The number of methoxy groups -OCH3 is 1. The number of non-ortho nitro benzene ring substituents is 1. The third-order valence-corrected chi connectivity index (χ3v) is 4.73. The minimum Gasteiger partial charge on any atom is -0.496 e. The van der Waals surface area contributed by atoms with Gasteiger partial charge in [0.15, 0.2) is 0 Å². The zero-order chi connectivity index (χ0) is 15.0. The van der Waals surface area contributed by atoms with Crippen molar-refractivity contribution in [3.05, 3.63) is 28.3 Å². The summed E-state index contributed by atoms with van der Waals surface area (Å²) in [5, 5.41) is 14.7. The maximum Gasteiger partial charge on any atom is 0.275 e. The van der Waals surface area contributed by atoms with Crippen LogP contribution in [0.25, 0.3) is 0 Å². The first kappa shape index (κ1) is 14.1. The minimum absolute atomic E-state index is 0.0770. The number of benzene rings is 1. The molecule has 114 valence electrons. The van der Waals surface area contributed by atoms with Crippen LogP contribution in [0.3, 0.4) is 0 Å². The monoisotopic (exact) mass is 291 g/mol. The first-order valence-electron chi connectivity index (χ1n) is 7.39. The maximum atomic E-state index is 11.1. The second-order valence-electron chi connectivity index (χ2n) is 6.02. The summed E-state index contributed by atoms with van der Waals surface area (Å²) in [5.74, 6) is 0.531. The molecule has 0 amide bonds. The number of nitrogens with zero attached hydrogens (tertiary/aromatic N) is 2. The molecule has 2 bridgehead atoms. The Hall–Kier alpha value is -1.82. The number of fused-ring (bicyclic) bond motifs is 2. The highest BCUT2D eigenvalue weighted by molar-refractivity contribution is 5.58. The summed E-state index contributed by atoms with van der Waals surface area (Å²) in [6.07, 6.45) is 4.68. The molecule has 2 saturated heterocycles. The summed E-state index contributed by atoms with van der Waals surface area (Å²) in [7, 11) is 3.56. The molecule has 6 nitrogen and oxygen atoms in total. The van der Waals surface area contributed by atoms with Crippen molar-refractivity contribution in [2.24, 2.45) is 0 Å². The van der Waals surface area contributed by atoms with Gasteiger partial charge in [0.05, 0.1) is 18.1 Å². The molecule has 2 aliphatic heterocycles. The van der Waals surface area contributed by atoms with E-state index in [1.165, 1.54) is 26.0 Å². The number of hydrogen-bond acceptors (Lipinski definition) is 5. The molecule has 2 unspecified atom stereocenters. The highest BCUT2D eigenvalue weighted by Gasteiger charge is 2.35. The zero-order valence-corrected chi connectivity index (χ0v) is 12.4. The standard InChI is InChI=1S/C15H21N3O3/c1-17(12-5-10-3-4-11(6-12)16-10)13-7-14(18(19)20)9-15(8-13)21-2/h7-12,16H,3-6H2,1-2H3. The molecule has 0 spiro atoms. The molecule has 1 aromatic carbocycles. The Morgan fingerprint density at radius 1 is 1.29 bits per heavy atom. The first-order valence-corrected chi connectivity index (χ1v) is 7.39. The van der Waals surface area contributed by atoms with Crippen molar-refractivity contribution in [3.63, 3.8) is 0 Å². The number of nitro groups is 1. The van der Waals surface area contributed by atoms with Crippen molar-refractivity contribution in [2.45, 2.75) is 43.8 Å². The molecule has 2 aliphatic rings. The van der Waals surface area contributed by atoms with Gasteiger partial charge in [-0.2, -0.15) is 0 Å². The van der Waals surface area contributed by atoms with E-state index >= 15 is 0 Å². The topological polar surface area (TPSA) is 67.6 Å². The summed E-state index contributed by atoms with van der Waals surface area (Å²) < 4.78 is 5.19. The number of piperidine rings is 1. The fourth-order valence-electron chi connectivity index (χ4n) is 3.55. The zero-order valence-electron chi connectivity index (χ0n) is 12.4. The Morgan fingerprint density at radius 2 is 1.95 bits per heavy atom. The van der Waals surface area contributed by atoms with Gasteiger partial charge in [-0.05, 0) is 25.7 Å². The van der Waals surface area contributed by atoms with Crippen molar-refractivity contribution in [2.75, 3.05) is 19.1 Å². The first-order chi connectivity index (χ1) is 10.1. The van der Waals surface area contributed by atoms with Crippen molar-refractivity contribution >= 4 is 11.4 Å². The molecule has 0 saturated carbocycles. The van der Waals surface area contributed by atoms with E-state index < -0.39 is 0 Å². The molecular weight excluding hydrogens is 270 g/mol. The molecule has 2 heterocycles. The predicted molar refractivity (Wildman–Crippen MR) is 81.0 cm³/mol. The van der Waals surface area contributed by atoms with Gasteiger partial charge in [-0.3, -0.25) is 10.1 Å². The third-order valence-electron chi connectivity index (χ3n) is 4.73. The van der Waals surface area contributed by atoms with Gasteiger partial charge in [-0.25, -0.2) is 0 Å². The lowest BCUT2D eigenvalue weighted by Gasteiger charge is -2.36. The van der Waals surface area contributed by atoms with E-state index in [2.05, 4.69) is 10.2 Å². The molecule has 1 aromatic rings. The molecule has 6 heteroatoms. The van der Waals surface area contributed by atoms with Gasteiger partial charge in [0, 0.05) is 43.0 Å². The molecular formula is C15H21N3O3. The van der Waals surface area contributed by atoms with Gasteiger partial charge in [0.2, 0.25) is 0 Å². The number of rotatable bonds is 4. The average Bonchev–Trinajstić information content (AvgIpc) is 2.84. The van der Waals surface area contributed by atoms with Crippen LogP contribution in [0.2, 0.25) is 0 Å². The Balaban J connectivity index is 1.85. The largest absolute Gasteiger partial charge is 0.496 e. The molecule has 2 fully saturated rings. The second kappa shape index (κ2) is 5.52. The van der Waals surface area contributed by atoms with E-state index in [9.17, 15) is 10.1 Å². The maximum absolute atomic E-state index is 11.1. The van der Waals surface area contributed by atoms with Crippen LogP contribution in [0.5, 0.6) is 5.75 Å². The van der Waals surface area contributed by atoms with Crippen LogP contribution in [0.4, 0.5) is 11.4 Å². The van der Waals surface area contributed by atoms with E-state index in [0.29, 0.717) is 23.9 Å². The molecule has 0 aromatic heterocycles. The smallest absolute Gasteiger partial charge is 0.275 e. The third kappa shape index (κ3) is 2.81. The van der Waals surface area contributed by atoms with Gasteiger partial charge >= 0.3 is 0 Å². The van der Waals surface area contributed by atoms with Crippen LogP contribution < -0.4 is 15.0 Å². The average molecular weight is 291 g/mol. The quantitative estimate of drug-likeness (QED) is 0.681. The molecule has 2 atom stereocenters. The number of nitrogens with one attached hydrogen (secondary N) is 1. The molecule has 3 rings (SSSR count). The van der Waals surface area contributed by atoms with Crippen molar-refractivity contribution in [3.8, 4) is 5.75 Å². The van der Waals surface area contributed by atoms with Crippen LogP contribution in [0, 0.1) is 10.1 Å². The van der Waals surface area contributed by atoms with E-state index in [4.69, 9.17) is 4.74 Å². The highest BCUT2D eigenvalue weighted by Crippen LogP contribution is 2.34. The summed E-state index contributed by atoms with van der Waals surface area (Å²) >= 11 is 0. The van der Waals surface area contributed by atoms with Crippen molar-refractivity contribution < 1.29 is 9.66 Å². The molecule has 0 aliphatic carbocycles. The lowest BCUT2D eigenvalue weighted by atomic mass is 9.98. The fourth-order valence-corrected chi connectivity index (χ4v) is 3.55. The van der Waals surface area contributed by atoms with Gasteiger partial charge in [-0.1, -0.05) is 0 Å². The second-order valence-corrected chi connectivity index (χ2v) is 6.02. The SMILES string of the molecule is COc1cc(N(C)C2CC3CCC(C2)N3)cc([N+](=O)[O-])c1. The minimum atomic E-state index is -0.369.